The van der Waals surface area contributed by atoms with Gasteiger partial charge in [0.25, 0.3) is 0 Å². The Balaban J connectivity index is 0.000000908. The van der Waals surface area contributed by atoms with E-state index in [0.717, 1.165) is 65.2 Å². The monoisotopic (exact) mass is 1160 g/mol. The molecule has 2 radical (unpaired) electrons. The van der Waals surface area contributed by atoms with Crippen molar-refractivity contribution in [3.05, 3.63) is 210 Å². The van der Waals surface area contributed by atoms with E-state index in [9.17, 15) is 18.7 Å². The Kier molecular flexibility index (Phi) is 27.9. The number of allylic oxidation sites excluding steroid dienone is 4. The zero-order valence-electron chi connectivity index (χ0n) is 38.2. The molecule has 63 heavy (non-hydrogen) atoms. The smallest absolute Gasteiger partial charge is 0.171 e. The molecule has 6 aromatic carbocycles. The second-order valence-electron chi connectivity index (χ2n) is 14.7. The minimum absolute atomic E-state index is 0. The van der Waals surface area contributed by atoms with Crippen LogP contribution in [0, 0.1) is 148 Å². The summed E-state index contributed by atoms with van der Waals surface area (Å²) < 4.78 is 29.0. The van der Waals surface area contributed by atoms with Crippen LogP contribution in [0.2, 0.25) is 0 Å². The van der Waals surface area contributed by atoms with E-state index < -0.39 is 14.3 Å². The van der Waals surface area contributed by atoms with Crippen molar-refractivity contribution in [2.24, 2.45) is 0 Å². The van der Waals surface area contributed by atoms with E-state index in [4.69, 9.17) is 10.2 Å². The van der Waals surface area contributed by atoms with Gasteiger partial charge in [0.2, 0.25) is 0 Å². The zero-order chi connectivity index (χ0) is 44.6. The quantitative estimate of drug-likeness (QED) is 0.0680. The Morgan fingerprint density at radius 3 is 0.603 bits per heavy atom. The van der Waals surface area contributed by atoms with Crippen molar-refractivity contribution in [1.82, 2.24) is 0 Å². The van der Waals surface area contributed by atoms with Gasteiger partial charge < -0.3 is 26.8 Å². The number of hydrogen-bond donors (Lipinski definition) is 2. The summed E-state index contributed by atoms with van der Waals surface area (Å²) in [7, 11) is -5.78. The molecule has 10 heteroatoms. The number of carbonyl (C=O) groups is 2. The second-order valence-corrected chi connectivity index (χ2v) is 20.1. The molecule has 0 spiro atoms. The molecular formula is C53H61Eu2O6P2-. The molecule has 6 nitrogen and oxygen atoms in total. The molecule has 0 aliphatic rings. The largest absolute Gasteiger partial charge is 0.512 e. The third-order valence-electron chi connectivity index (χ3n) is 9.55. The van der Waals surface area contributed by atoms with Crippen molar-refractivity contribution in [1.29, 1.82) is 0 Å². The SMILES string of the molecule is CC(=O)C=C(C)O.CC(=O)C=C(C)O.Cc1ccccc1P(=O)(c1ccccc1C)c1ccccc1C.Cc1ccccc1P(=O)(c1ccccc1C)c1ccccc1C.[CH3-].[Eu].[Eu]. The van der Waals surface area contributed by atoms with Crippen LogP contribution in [0.1, 0.15) is 61.1 Å². The maximum Gasteiger partial charge on any atom is 0.171 e. The molecular weight excluding hydrogens is 1100 g/mol. The molecule has 6 aromatic rings. The maximum atomic E-state index is 14.5. The number of carbonyl (C=O) groups excluding carboxylic acids is 2. The van der Waals surface area contributed by atoms with Crippen LogP contribution in [-0.2, 0) is 18.7 Å². The number of aliphatic hydroxyl groups excluding tert-OH is 2. The predicted octanol–water partition coefficient (Wildman–Crippen LogP) is 11.0. The van der Waals surface area contributed by atoms with Crippen molar-refractivity contribution in [3.8, 4) is 0 Å². The van der Waals surface area contributed by atoms with Crippen molar-refractivity contribution >= 4 is 57.7 Å². The summed E-state index contributed by atoms with van der Waals surface area (Å²) >= 11 is 0. The molecule has 0 heterocycles. The summed E-state index contributed by atoms with van der Waals surface area (Å²) in [5, 5.41) is 22.3. The number of rotatable bonds is 8. The summed E-state index contributed by atoms with van der Waals surface area (Å²) in [4.78, 5) is 20.0. The minimum Gasteiger partial charge on any atom is -0.512 e. The fraction of sp³-hybridized carbons (Fsp3) is 0.189. The molecule has 0 fully saturated rings. The van der Waals surface area contributed by atoms with Gasteiger partial charge in [-0.25, -0.2) is 0 Å². The van der Waals surface area contributed by atoms with Crippen molar-refractivity contribution in [2.75, 3.05) is 0 Å². The van der Waals surface area contributed by atoms with E-state index in [-0.39, 0.29) is 129 Å². The van der Waals surface area contributed by atoms with E-state index in [1.54, 1.807) is 0 Å². The zero-order valence-corrected chi connectivity index (χ0v) is 44.8. The Bertz CT molecular complexity index is 2170. The Hall–Kier alpha value is -2.63. The maximum absolute atomic E-state index is 14.5. The van der Waals surface area contributed by atoms with Gasteiger partial charge in [0.1, 0.15) is 0 Å². The summed E-state index contributed by atoms with van der Waals surface area (Å²) in [6.45, 7) is 17.9. The van der Waals surface area contributed by atoms with Crippen LogP contribution < -0.4 is 31.8 Å². The van der Waals surface area contributed by atoms with E-state index in [0.29, 0.717) is 0 Å². The van der Waals surface area contributed by atoms with Gasteiger partial charge in [0, 0.05) is 143 Å². The standard InChI is InChI=1S/2C21H21OP.2C5H8O2.CH3.2Eu/c2*1-16-10-4-7-13-19(16)23(22,20-14-8-5-11-17(20)2)21-15-9-6-12-18(21)3;2*1-4(6)3-5(2)7;;;/h2*4-15H,1-3H3;2*3,6H,1-2H3;1H3;;/q;;;;-1;;. The summed E-state index contributed by atoms with van der Waals surface area (Å²) in [5.74, 6) is -0.125. The van der Waals surface area contributed by atoms with Gasteiger partial charge in [0.05, 0.1) is 11.5 Å². The third-order valence-corrected chi connectivity index (χ3v) is 16.6. The van der Waals surface area contributed by atoms with E-state index in [1.807, 2.05) is 187 Å². The van der Waals surface area contributed by atoms with Crippen LogP contribution in [0.15, 0.2) is 169 Å². The van der Waals surface area contributed by atoms with Gasteiger partial charge in [0.15, 0.2) is 25.9 Å². The summed E-state index contributed by atoms with van der Waals surface area (Å²) in [6.07, 6.45) is 2.33. The van der Waals surface area contributed by atoms with Crippen molar-refractivity contribution in [3.63, 3.8) is 0 Å². The molecule has 0 aliphatic heterocycles. The number of ketones is 2. The van der Waals surface area contributed by atoms with Gasteiger partial charge in [-0.1, -0.05) is 146 Å². The van der Waals surface area contributed by atoms with Crippen molar-refractivity contribution in [2.45, 2.75) is 69.2 Å². The number of aryl methyl sites for hydroxylation is 6. The van der Waals surface area contributed by atoms with E-state index >= 15 is 0 Å². The topological polar surface area (TPSA) is 109 Å². The minimum atomic E-state index is -2.89. The van der Waals surface area contributed by atoms with Crippen LogP contribution in [0.5, 0.6) is 0 Å². The molecule has 0 amide bonds. The average molecular weight is 1160 g/mol. The number of hydrogen-bond acceptors (Lipinski definition) is 6. The number of aliphatic hydroxyl groups is 2. The molecule has 2 N–H and O–H groups in total. The molecule has 0 atom stereocenters. The van der Waals surface area contributed by atoms with E-state index in [2.05, 4.69) is 0 Å². The Morgan fingerprint density at radius 2 is 0.508 bits per heavy atom. The first-order valence-corrected chi connectivity index (χ1v) is 23.1. The number of benzene rings is 6. The molecule has 0 aromatic heterocycles. The molecule has 0 saturated heterocycles. The van der Waals surface area contributed by atoms with E-state index in [1.165, 1.54) is 39.8 Å². The van der Waals surface area contributed by atoms with Crippen LogP contribution in [0.4, 0.5) is 0 Å². The van der Waals surface area contributed by atoms with Gasteiger partial charge in [-0.05, 0) is 103 Å². The van der Waals surface area contributed by atoms with Crippen molar-refractivity contribution < 1.29 is 128 Å². The first-order valence-electron chi connectivity index (χ1n) is 19.7. The van der Waals surface area contributed by atoms with Gasteiger partial charge in [-0.3, -0.25) is 9.59 Å². The fourth-order valence-electron chi connectivity index (χ4n) is 6.87. The molecule has 334 valence electrons. The van der Waals surface area contributed by atoms with Crippen LogP contribution in [0.25, 0.3) is 0 Å². The van der Waals surface area contributed by atoms with Gasteiger partial charge in [-0.15, -0.1) is 0 Å². The van der Waals surface area contributed by atoms with Gasteiger partial charge >= 0.3 is 0 Å². The summed E-state index contributed by atoms with van der Waals surface area (Å²) in [6, 6.07) is 48.2. The first-order chi connectivity index (χ1) is 28.3. The van der Waals surface area contributed by atoms with Crippen LogP contribution in [0.3, 0.4) is 0 Å². The molecule has 6 rings (SSSR count). The first kappa shape index (κ1) is 60.4. The van der Waals surface area contributed by atoms with Gasteiger partial charge in [-0.2, -0.15) is 0 Å². The average Bonchev–Trinajstić information content (AvgIpc) is 3.18. The molecule has 0 aliphatic carbocycles. The fourth-order valence-corrected chi connectivity index (χ4v) is 13.6. The molecule has 0 saturated carbocycles. The normalized spacial score (nSPS) is 10.9. The van der Waals surface area contributed by atoms with Crippen LogP contribution in [-0.4, -0.2) is 21.8 Å². The second kappa shape index (κ2) is 29.1. The Morgan fingerprint density at radius 1 is 0.365 bits per heavy atom. The predicted molar refractivity (Wildman–Crippen MR) is 261 cm³/mol. The molecule has 0 unspecified atom stereocenters. The summed E-state index contributed by atoms with van der Waals surface area (Å²) in [5.41, 5.74) is 6.43. The third kappa shape index (κ3) is 16.9. The molecule has 0 bridgehead atoms. The van der Waals surface area contributed by atoms with Crippen LogP contribution >= 0.6 is 14.3 Å². The Labute approximate surface area is 458 Å².